The third kappa shape index (κ3) is 4.65. The molecule has 2 aromatic carbocycles. The van der Waals surface area contributed by atoms with Crippen LogP contribution in [0.1, 0.15) is 34.4 Å². The van der Waals surface area contributed by atoms with E-state index >= 15 is 0 Å². The van der Waals surface area contributed by atoms with E-state index in [0.29, 0.717) is 23.9 Å². The molecular formula is C22H24N4O2. The van der Waals surface area contributed by atoms with Gasteiger partial charge in [0.1, 0.15) is 23.1 Å². The van der Waals surface area contributed by atoms with Crippen LogP contribution in [0.2, 0.25) is 0 Å². The van der Waals surface area contributed by atoms with E-state index < -0.39 is 0 Å². The molecule has 0 saturated heterocycles. The fourth-order valence-corrected chi connectivity index (χ4v) is 2.88. The van der Waals surface area contributed by atoms with E-state index in [1.807, 2.05) is 63.2 Å². The van der Waals surface area contributed by atoms with Crippen molar-refractivity contribution in [2.24, 2.45) is 0 Å². The van der Waals surface area contributed by atoms with Crippen molar-refractivity contribution in [2.45, 2.75) is 27.7 Å². The van der Waals surface area contributed by atoms with Crippen LogP contribution in [-0.2, 0) is 0 Å². The summed E-state index contributed by atoms with van der Waals surface area (Å²) in [6, 6.07) is 15.1. The van der Waals surface area contributed by atoms with Gasteiger partial charge in [-0.15, -0.1) is 0 Å². The zero-order valence-electron chi connectivity index (χ0n) is 16.5. The second kappa shape index (κ2) is 8.52. The molecule has 0 unspecified atom stereocenters. The zero-order valence-corrected chi connectivity index (χ0v) is 16.5. The van der Waals surface area contributed by atoms with Crippen LogP contribution in [0.25, 0.3) is 0 Å². The van der Waals surface area contributed by atoms with Crippen LogP contribution in [-0.4, -0.2) is 22.5 Å². The summed E-state index contributed by atoms with van der Waals surface area (Å²) in [6.07, 6.45) is 0. The Bertz CT molecular complexity index is 1000. The van der Waals surface area contributed by atoms with Crippen molar-refractivity contribution >= 4 is 23.1 Å². The molecule has 0 aliphatic rings. The van der Waals surface area contributed by atoms with Crippen LogP contribution in [0, 0.1) is 20.8 Å². The number of ether oxygens (including phenoxy) is 1. The summed E-state index contributed by atoms with van der Waals surface area (Å²) in [4.78, 5) is 21.4. The SMILES string of the molecule is CCOc1ccccc1Nc1cc(C(=O)Nc2ccc(C)cc2C)nc(C)n1. The molecule has 0 aliphatic carbocycles. The van der Waals surface area contributed by atoms with Gasteiger partial charge in [0, 0.05) is 11.8 Å². The van der Waals surface area contributed by atoms with Gasteiger partial charge in [-0.25, -0.2) is 9.97 Å². The largest absolute Gasteiger partial charge is 0.492 e. The monoisotopic (exact) mass is 376 g/mol. The minimum absolute atomic E-state index is 0.279. The number of amides is 1. The molecule has 0 atom stereocenters. The third-order valence-corrected chi connectivity index (χ3v) is 4.15. The molecule has 0 saturated carbocycles. The Kier molecular flexibility index (Phi) is 5.89. The lowest BCUT2D eigenvalue weighted by Gasteiger charge is -2.13. The molecule has 3 rings (SSSR count). The Morgan fingerprint density at radius 3 is 2.54 bits per heavy atom. The molecule has 0 bridgehead atoms. The molecule has 6 nitrogen and oxygen atoms in total. The van der Waals surface area contributed by atoms with Gasteiger partial charge in [-0.2, -0.15) is 0 Å². The van der Waals surface area contributed by atoms with Crippen LogP contribution >= 0.6 is 0 Å². The van der Waals surface area contributed by atoms with Crippen LogP contribution in [0.15, 0.2) is 48.5 Å². The summed E-state index contributed by atoms with van der Waals surface area (Å²) in [7, 11) is 0. The number of hydrogen-bond acceptors (Lipinski definition) is 5. The molecule has 0 aliphatic heterocycles. The zero-order chi connectivity index (χ0) is 20.1. The number of anilines is 3. The molecule has 1 amide bonds. The standard InChI is InChI=1S/C22H24N4O2/c1-5-28-20-9-7-6-8-18(20)25-21-13-19(23-16(4)24-21)22(27)26-17-11-10-14(2)12-15(17)3/h6-13H,5H2,1-4H3,(H,26,27)(H,23,24,25). The lowest BCUT2D eigenvalue weighted by molar-refractivity contribution is 0.102. The molecular weight excluding hydrogens is 352 g/mol. The van der Waals surface area contributed by atoms with E-state index in [2.05, 4.69) is 20.6 Å². The van der Waals surface area contributed by atoms with E-state index in [9.17, 15) is 4.79 Å². The summed E-state index contributed by atoms with van der Waals surface area (Å²) in [5, 5.41) is 6.14. The molecule has 1 aromatic heterocycles. The minimum Gasteiger partial charge on any atom is -0.492 e. The van der Waals surface area contributed by atoms with Crippen LogP contribution < -0.4 is 15.4 Å². The first-order chi connectivity index (χ1) is 13.5. The van der Waals surface area contributed by atoms with Gasteiger partial charge in [0.2, 0.25) is 0 Å². The summed E-state index contributed by atoms with van der Waals surface area (Å²) in [5.74, 6) is 1.48. The molecule has 2 N–H and O–H groups in total. The average Bonchev–Trinajstić information content (AvgIpc) is 2.65. The number of aromatic nitrogens is 2. The molecule has 144 valence electrons. The van der Waals surface area contributed by atoms with Crippen LogP contribution in [0.4, 0.5) is 17.2 Å². The van der Waals surface area contributed by atoms with Crippen molar-refractivity contribution < 1.29 is 9.53 Å². The number of nitrogens with one attached hydrogen (secondary N) is 2. The van der Waals surface area contributed by atoms with E-state index in [-0.39, 0.29) is 5.91 Å². The molecule has 0 radical (unpaired) electrons. The summed E-state index contributed by atoms with van der Waals surface area (Å²) < 4.78 is 5.63. The number of nitrogens with zero attached hydrogens (tertiary/aromatic N) is 2. The number of carbonyl (C=O) groups is 1. The Hall–Kier alpha value is -3.41. The summed E-state index contributed by atoms with van der Waals surface area (Å²) in [5.41, 5.74) is 3.99. The van der Waals surface area contributed by atoms with E-state index in [0.717, 1.165) is 28.3 Å². The molecule has 6 heteroatoms. The Balaban J connectivity index is 1.84. The van der Waals surface area contributed by atoms with Crippen molar-refractivity contribution in [3.8, 4) is 5.75 Å². The highest BCUT2D eigenvalue weighted by molar-refractivity contribution is 6.03. The number of benzene rings is 2. The first-order valence-corrected chi connectivity index (χ1v) is 9.19. The van der Waals surface area contributed by atoms with Crippen LogP contribution in [0.5, 0.6) is 5.75 Å². The highest BCUT2D eigenvalue weighted by Gasteiger charge is 2.13. The number of rotatable bonds is 6. The lowest BCUT2D eigenvalue weighted by Crippen LogP contribution is -2.16. The second-order valence-electron chi connectivity index (χ2n) is 6.51. The number of aryl methyl sites for hydroxylation is 3. The molecule has 0 spiro atoms. The van der Waals surface area contributed by atoms with Crippen molar-refractivity contribution in [1.82, 2.24) is 9.97 Å². The number of hydrogen-bond donors (Lipinski definition) is 2. The summed E-state index contributed by atoms with van der Waals surface area (Å²) in [6.45, 7) is 8.23. The van der Waals surface area contributed by atoms with Gasteiger partial charge in [0.25, 0.3) is 5.91 Å². The highest BCUT2D eigenvalue weighted by atomic mass is 16.5. The maximum Gasteiger partial charge on any atom is 0.274 e. The van der Waals surface area contributed by atoms with E-state index in [1.165, 1.54) is 0 Å². The van der Waals surface area contributed by atoms with Gasteiger partial charge in [-0.1, -0.05) is 29.8 Å². The van der Waals surface area contributed by atoms with Gasteiger partial charge in [0.15, 0.2) is 0 Å². The molecule has 3 aromatic rings. The third-order valence-electron chi connectivity index (χ3n) is 4.15. The summed E-state index contributed by atoms with van der Waals surface area (Å²) >= 11 is 0. The first-order valence-electron chi connectivity index (χ1n) is 9.19. The molecule has 1 heterocycles. The first kappa shape index (κ1) is 19.4. The predicted molar refractivity (Wildman–Crippen MR) is 112 cm³/mol. The van der Waals surface area contributed by atoms with E-state index in [1.54, 1.807) is 13.0 Å². The quantitative estimate of drug-likeness (QED) is 0.646. The fraction of sp³-hybridized carbons (Fsp3) is 0.227. The maximum atomic E-state index is 12.7. The number of carbonyl (C=O) groups excluding carboxylic acids is 1. The smallest absolute Gasteiger partial charge is 0.274 e. The Morgan fingerprint density at radius 1 is 1.00 bits per heavy atom. The van der Waals surface area contributed by atoms with Crippen molar-refractivity contribution in [1.29, 1.82) is 0 Å². The lowest BCUT2D eigenvalue weighted by atomic mass is 10.1. The maximum absolute atomic E-state index is 12.7. The molecule has 28 heavy (non-hydrogen) atoms. The fourth-order valence-electron chi connectivity index (χ4n) is 2.88. The van der Waals surface area contributed by atoms with Gasteiger partial charge in [-0.05, 0) is 51.5 Å². The predicted octanol–water partition coefficient (Wildman–Crippen LogP) is 4.80. The highest BCUT2D eigenvalue weighted by Crippen LogP contribution is 2.27. The number of para-hydroxylation sites is 2. The van der Waals surface area contributed by atoms with Crippen molar-refractivity contribution in [3.05, 3.63) is 71.2 Å². The van der Waals surface area contributed by atoms with Crippen LogP contribution in [0.3, 0.4) is 0 Å². The van der Waals surface area contributed by atoms with Crippen molar-refractivity contribution in [3.63, 3.8) is 0 Å². The van der Waals surface area contributed by atoms with E-state index in [4.69, 9.17) is 4.74 Å². The van der Waals surface area contributed by atoms with Gasteiger partial charge < -0.3 is 15.4 Å². The van der Waals surface area contributed by atoms with Gasteiger partial charge in [-0.3, -0.25) is 4.79 Å². The van der Waals surface area contributed by atoms with Crippen molar-refractivity contribution in [2.75, 3.05) is 17.2 Å². The Morgan fingerprint density at radius 2 is 1.79 bits per heavy atom. The van der Waals surface area contributed by atoms with Gasteiger partial charge in [0.05, 0.1) is 12.3 Å². The van der Waals surface area contributed by atoms with Gasteiger partial charge >= 0.3 is 0 Å². The second-order valence-corrected chi connectivity index (χ2v) is 6.51. The topological polar surface area (TPSA) is 76.1 Å². The Labute approximate surface area is 165 Å². The minimum atomic E-state index is -0.279. The molecule has 0 fully saturated rings. The average molecular weight is 376 g/mol. The normalized spacial score (nSPS) is 10.4.